The fourth-order valence-electron chi connectivity index (χ4n) is 2.22. The van der Waals surface area contributed by atoms with Crippen LogP contribution in [0.3, 0.4) is 0 Å². The summed E-state index contributed by atoms with van der Waals surface area (Å²) in [6.07, 6.45) is 3.22. The largest absolute Gasteiger partial charge is 0.274 e. The quantitative estimate of drug-likeness (QED) is 0.684. The van der Waals surface area contributed by atoms with Crippen molar-refractivity contribution in [1.29, 1.82) is 0 Å². The number of rotatable bonds is 2. The Morgan fingerprint density at radius 3 is 2.76 bits per heavy atom. The summed E-state index contributed by atoms with van der Waals surface area (Å²) >= 11 is 6.15. The van der Waals surface area contributed by atoms with E-state index >= 15 is 0 Å². The zero-order chi connectivity index (χ0) is 15.1. The van der Waals surface area contributed by atoms with Crippen molar-refractivity contribution in [3.63, 3.8) is 0 Å². The maximum absolute atomic E-state index is 13.4. The molecule has 3 aromatic rings. The normalized spacial score (nSPS) is 12.8. The molecule has 0 saturated carbocycles. The van der Waals surface area contributed by atoms with Gasteiger partial charge in [0, 0.05) is 13.2 Å². The fourth-order valence-corrected chi connectivity index (χ4v) is 2.36. The standard InChI is InChI=1S/C14H12ClFN4O/c1-8(15)13-18-12-4-3-9(16)5-11(12)14(21)20(13)10-6-17-19(2)7-10/h3-8H,1-2H3/t8-/m1/s1. The van der Waals surface area contributed by atoms with Crippen molar-refractivity contribution in [3.05, 3.63) is 52.6 Å². The van der Waals surface area contributed by atoms with Crippen LogP contribution in [-0.2, 0) is 7.05 Å². The Kier molecular flexibility index (Phi) is 3.25. The van der Waals surface area contributed by atoms with E-state index in [1.54, 1.807) is 24.9 Å². The summed E-state index contributed by atoms with van der Waals surface area (Å²) in [4.78, 5) is 17.1. The van der Waals surface area contributed by atoms with Crippen molar-refractivity contribution in [3.8, 4) is 5.69 Å². The van der Waals surface area contributed by atoms with Crippen LogP contribution in [0.5, 0.6) is 0 Å². The third-order valence-corrected chi connectivity index (χ3v) is 3.36. The molecule has 1 atom stereocenters. The number of hydrogen-bond acceptors (Lipinski definition) is 3. The van der Waals surface area contributed by atoms with Gasteiger partial charge in [0.25, 0.3) is 5.56 Å². The molecule has 3 rings (SSSR count). The predicted molar refractivity (Wildman–Crippen MR) is 78.3 cm³/mol. The SMILES string of the molecule is C[C@@H](Cl)c1nc2ccc(F)cc2c(=O)n1-c1cnn(C)c1. The van der Waals surface area contributed by atoms with Crippen LogP contribution in [0, 0.1) is 5.82 Å². The molecule has 2 aromatic heterocycles. The monoisotopic (exact) mass is 306 g/mol. The smallest absolute Gasteiger partial charge is 0.266 e. The molecule has 0 aliphatic carbocycles. The first-order valence-corrected chi connectivity index (χ1v) is 6.76. The molecule has 0 amide bonds. The highest BCUT2D eigenvalue weighted by molar-refractivity contribution is 6.20. The second-order valence-corrected chi connectivity index (χ2v) is 5.41. The van der Waals surface area contributed by atoms with Gasteiger partial charge in [-0.3, -0.25) is 14.0 Å². The van der Waals surface area contributed by atoms with E-state index in [0.29, 0.717) is 17.0 Å². The van der Waals surface area contributed by atoms with Crippen LogP contribution in [0.2, 0.25) is 0 Å². The maximum atomic E-state index is 13.4. The molecule has 0 aliphatic heterocycles. The minimum Gasteiger partial charge on any atom is -0.274 e. The summed E-state index contributed by atoms with van der Waals surface area (Å²) in [5.41, 5.74) is 0.600. The van der Waals surface area contributed by atoms with Gasteiger partial charge in [-0.2, -0.15) is 5.10 Å². The Morgan fingerprint density at radius 1 is 1.38 bits per heavy atom. The first-order valence-electron chi connectivity index (χ1n) is 6.32. The van der Waals surface area contributed by atoms with E-state index in [0.717, 1.165) is 0 Å². The van der Waals surface area contributed by atoms with Crippen LogP contribution >= 0.6 is 11.6 Å². The first-order chi connectivity index (χ1) is 9.97. The molecule has 5 nitrogen and oxygen atoms in total. The van der Waals surface area contributed by atoms with E-state index in [9.17, 15) is 9.18 Å². The topological polar surface area (TPSA) is 52.7 Å². The molecule has 7 heteroatoms. The Balaban J connectivity index is 2.42. The number of aromatic nitrogens is 4. The summed E-state index contributed by atoms with van der Waals surface area (Å²) in [5, 5.41) is 3.77. The van der Waals surface area contributed by atoms with Crippen LogP contribution in [0.25, 0.3) is 16.6 Å². The van der Waals surface area contributed by atoms with Gasteiger partial charge in [0.15, 0.2) is 0 Å². The molecule has 0 unspecified atom stereocenters. The first kappa shape index (κ1) is 13.8. The Hall–Kier alpha value is -2.21. The molecule has 0 radical (unpaired) electrons. The lowest BCUT2D eigenvalue weighted by Crippen LogP contribution is -2.24. The summed E-state index contributed by atoms with van der Waals surface area (Å²) in [6, 6.07) is 3.93. The van der Waals surface area contributed by atoms with Gasteiger partial charge >= 0.3 is 0 Å². The van der Waals surface area contributed by atoms with Crippen LogP contribution in [0.4, 0.5) is 4.39 Å². The van der Waals surface area contributed by atoms with Crippen molar-refractivity contribution in [1.82, 2.24) is 19.3 Å². The second-order valence-electron chi connectivity index (χ2n) is 4.76. The van der Waals surface area contributed by atoms with Gasteiger partial charge in [0.05, 0.1) is 28.2 Å². The number of alkyl halides is 1. The van der Waals surface area contributed by atoms with Crippen LogP contribution in [-0.4, -0.2) is 19.3 Å². The zero-order valence-corrected chi connectivity index (χ0v) is 12.2. The van der Waals surface area contributed by atoms with Gasteiger partial charge in [-0.1, -0.05) is 0 Å². The number of fused-ring (bicyclic) bond motifs is 1. The average Bonchev–Trinajstić information content (AvgIpc) is 2.85. The fraction of sp³-hybridized carbons (Fsp3) is 0.214. The minimum atomic E-state index is -0.481. The number of benzene rings is 1. The van der Waals surface area contributed by atoms with Gasteiger partial charge in [-0.15, -0.1) is 11.6 Å². The van der Waals surface area contributed by atoms with Crippen molar-refractivity contribution in [2.75, 3.05) is 0 Å². The molecule has 0 aliphatic rings. The van der Waals surface area contributed by atoms with Gasteiger partial charge in [-0.25, -0.2) is 9.37 Å². The van der Waals surface area contributed by atoms with Crippen LogP contribution in [0.1, 0.15) is 18.1 Å². The molecule has 0 N–H and O–H groups in total. The molecular formula is C14H12ClFN4O. The Morgan fingerprint density at radius 2 is 2.14 bits per heavy atom. The average molecular weight is 307 g/mol. The molecular weight excluding hydrogens is 295 g/mol. The Bertz CT molecular complexity index is 884. The Labute approximate surface area is 124 Å². The molecule has 0 spiro atoms. The summed E-state index contributed by atoms with van der Waals surface area (Å²) < 4.78 is 16.3. The second kappa shape index (κ2) is 4.96. The van der Waals surface area contributed by atoms with Crippen LogP contribution in [0.15, 0.2) is 35.4 Å². The lowest BCUT2D eigenvalue weighted by molar-refractivity contribution is 0.629. The predicted octanol–water partition coefficient (Wildman–Crippen LogP) is 2.56. The van der Waals surface area contributed by atoms with Crippen LogP contribution < -0.4 is 5.56 Å². The van der Waals surface area contributed by atoms with Gasteiger partial charge in [0.1, 0.15) is 11.6 Å². The molecule has 1 aromatic carbocycles. The van der Waals surface area contributed by atoms with E-state index in [-0.39, 0.29) is 10.9 Å². The zero-order valence-electron chi connectivity index (χ0n) is 11.4. The van der Waals surface area contributed by atoms with Crippen molar-refractivity contribution in [2.24, 2.45) is 7.05 Å². The van der Waals surface area contributed by atoms with Crippen molar-refractivity contribution < 1.29 is 4.39 Å². The van der Waals surface area contributed by atoms with Crippen molar-refractivity contribution >= 4 is 22.5 Å². The minimum absolute atomic E-state index is 0.208. The molecule has 108 valence electrons. The van der Waals surface area contributed by atoms with E-state index in [2.05, 4.69) is 10.1 Å². The molecule has 0 bridgehead atoms. The van der Waals surface area contributed by atoms with Gasteiger partial charge < -0.3 is 0 Å². The number of halogens is 2. The van der Waals surface area contributed by atoms with Gasteiger partial charge in [0.2, 0.25) is 0 Å². The summed E-state index contributed by atoms with van der Waals surface area (Å²) in [5.74, 6) is -0.0837. The van der Waals surface area contributed by atoms with E-state index in [1.165, 1.54) is 29.0 Å². The van der Waals surface area contributed by atoms with E-state index < -0.39 is 11.2 Å². The summed E-state index contributed by atoms with van der Waals surface area (Å²) in [6.45, 7) is 1.73. The van der Waals surface area contributed by atoms with Crippen molar-refractivity contribution in [2.45, 2.75) is 12.3 Å². The van der Waals surface area contributed by atoms with E-state index in [4.69, 9.17) is 11.6 Å². The highest BCUT2D eigenvalue weighted by Crippen LogP contribution is 2.21. The highest BCUT2D eigenvalue weighted by atomic mass is 35.5. The maximum Gasteiger partial charge on any atom is 0.266 e. The number of nitrogens with zero attached hydrogens (tertiary/aromatic N) is 4. The molecule has 0 fully saturated rings. The highest BCUT2D eigenvalue weighted by Gasteiger charge is 2.17. The third-order valence-electron chi connectivity index (χ3n) is 3.16. The molecule has 21 heavy (non-hydrogen) atoms. The van der Waals surface area contributed by atoms with Gasteiger partial charge in [-0.05, 0) is 25.1 Å². The molecule has 0 saturated heterocycles. The third kappa shape index (κ3) is 2.31. The lowest BCUT2D eigenvalue weighted by atomic mass is 10.2. The van der Waals surface area contributed by atoms with E-state index in [1.807, 2.05) is 0 Å². The lowest BCUT2D eigenvalue weighted by Gasteiger charge is -2.13. The number of aryl methyl sites for hydroxylation is 1. The summed E-state index contributed by atoms with van der Waals surface area (Å²) in [7, 11) is 1.74. The number of hydrogen-bond donors (Lipinski definition) is 0. The molecule has 2 heterocycles.